The minimum Gasteiger partial charge on any atom is -0.477 e. The van der Waals surface area contributed by atoms with Crippen LogP contribution < -0.4 is 5.48 Å². The van der Waals surface area contributed by atoms with Gasteiger partial charge in [0.1, 0.15) is 0 Å². The van der Waals surface area contributed by atoms with Crippen molar-refractivity contribution in [1.82, 2.24) is 5.48 Å². The summed E-state index contributed by atoms with van der Waals surface area (Å²) in [6, 6.07) is 8.90. The van der Waals surface area contributed by atoms with Crippen LogP contribution in [0.4, 0.5) is 8.78 Å². The SMILES string of the molecule is O=C(O)C(F)(F)CNOCc1ccccc1. The van der Waals surface area contributed by atoms with Crippen molar-refractivity contribution < 1.29 is 23.5 Å². The maximum Gasteiger partial charge on any atom is 0.376 e. The number of carboxylic acid groups (broad SMARTS) is 1. The van der Waals surface area contributed by atoms with Gasteiger partial charge in [0.05, 0.1) is 13.2 Å². The van der Waals surface area contributed by atoms with E-state index in [1.807, 2.05) is 11.5 Å². The van der Waals surface area contributed by atoms with Gasteiger partial charge in [-0.15, -0.1) is 0 Å². The number of nitrogens with one attached hydrogen (secondary N) is 1. The Morgan fingerprint density at radius 2 is 2.00 bits per heavy atom. The van der Waals surface area contributed by atoms with Crippen molar-refractivity contribution >= 4 is 5.97 Å². The van der Waals surface area contributed by atoms with Crippen LogP contribution in [0.3, 0.4) is 0 Å². The van der Waals surface area contributed by atoms with Gasteiger partial charge in [-0.05, 0) is 5.56 Å². The molecule has 0 spiro atoms. The first-order valence-electron chi connectivity index (χ1n) is 4.52. The Kier molecular flexibility index (Phi) is 4.33. The lowest BCUT2D eigenvalue weighted by atomic mass is 10.2. The molecule has 88 valence electrons. The Hall–Kier alpha value is -1.53. The van der Waals surface area contributed by atoms with E-state index in [0.717, 1.165) is 5.56 Å². The van der Waals surface area contributed by atoms with E-state index in [1.165, 1.54) is 0 Å². The normalized spacial score (nSPS) is 11.4. The fraction of sp³-hybridized carbons (Fsp3) is 0.300. The minimum atomic E-state index is -3.82. The predicted molar refractivity (Wildman–Crippen MR) is 51.8 cm³/mol. The average molecular weight is 231 g/mol. The molecular weight excluding hydrogens is 220 g/mol. The second-order valence-corrected chi connectivity index (χ2v) is 3.10. The van der Waals surface area contributed by atoms with Crippen LogP contribution in [0.1, 0.15) is 5.56 Å². The van der Waals surface area contributed by atoms with Crippen molar-refractivity contribution in [1.29, 1.82) is 0 Å². The first-order chi connectivity index (χ1) is 7.52. The van der Waals surface area contributed by atoms with Gasteiger partial charge in [0.15, 0.2) is 0 Å². The highest BCUT2D eigenvalue weighted by Crippen LogP contribution is 2.11. The van der Waals surface area contributed by atoms with E-state index in [4.69, 9.17) is 9.94 Å². The van der Waals surface area contributed by atoms with Crippen LogP contribution >= 0.6 is 0 Å². The molecule has 16 heavy (non-hydrogen) atoms. The highest BCUT2D eigenvalue weighted by atomic mass is 19.3. The molecule has 0 amide bonds. The summed E-state index contributed by atoms with van der Waals surface area (Å²) in [4.78, 5) is 14.8. The molecule has 1 aromatic carbocycles. The van der Waals surface area contributed by atoms with Crippen molar-refractivity contribution in [3.63, 3.8) is 0 Å². The molecule has 0 radical (unpaired) electrons. The Morgan fingerprint density at radius 1 is 1.38 bits per heavy atom. The van der Waals surface area contributed by atoms with Gasteiger partial charge < -0.3 is 5.11 Å². The molecule has 0 aromatic heterocycles. The molecule has 0 aliphatic rings. The van der Waals surface area contributed by atoms with Crippen LogP contribution in [-0.4, -0.2) is 23.5 Å². The fourth-order valence-electron chi connectivity index (χ4n) is 0.926. The van der Waals surface area contributed by atoms with Crippen LogP contribution in [0.5, 0.6) is 0 Å². The van der Waals surface area contributed by atoms with Crippen LogP contribution in [0, 0.1) is 0 Å². The number of carboxylic acids is 1. The summed E-state index contributed by atoms with van der Waals surface area (Å²) in [5, 5.41) is 8.11. The molecule has 2 N–H and O–H groups in total. The van der Waals surface area contributed by atoms with Gasteiger partial charge in [-0.2, -0.15) is 14.3 Å². The largest absolute Gasteiger partial charge is 0.477 e. The number of rotatable bonds is 6. The Balaban J connectivity index is 2.25. The third-order valence-electron chi connectivity index (χ3n) is 1.79. The summed E-state index contributed by atoms with van der Waals surface area (Å²) < 4.78 is 25.1. The zero-order valence-electron chi connectivity index (χ0n) is 8.32. The molecule has 0 saturated carbocycles. The summed E-state index contributed by atoms with van der Waals surface area (Å²) in [5.74, 6) is -6.00. The van der Waals surface area contributed by atoms with Crippen molar-refractivity contribution in [2.24, 2.45) is 0 Å². The number of halogens is 2. The monoisotopic (exact) mass is 231 g/mol. The van der Waals surface area contributed by atoms with Crippen LogP contribution in [-0.2, 0) is 16.2 Å². The third-order valence-corrected chi connectivity index (χ3v) is 1.79. The molecule has 0 unspecified atom stereocenters. The van der Waals surface area contributed by atoms with Gasteiger partial charge in [-0.1, -0.05) is 30.3 Å². The quantitative estimate of drug-likeness (QED) is 0.574. The lowest BCUT2D eigenvalue weighted by molar-refractivity contribution is -0.168. The summed E-state index contributed by atoms with van der Waals surface area (Å²) in [5.41, 5.74) is 2.72. The lowest BCUT2D eigenvalue weighted by Crippen LogP contribution is -2.39. The van der Waals surface area contributed by atoms with E-state index in [1.54, 1.807) is 24.3 Å². The smallest absolute Gasteiger partial charge is 0.376 e. The van der Waals surface area contributed by atoms with E-state index in [9.17, 15) is 13.6 Å². The Morgan fingerprint density at radius 3 is 2.56 bits per heavy atom. The minimum absolute atomic E-state index is 0.0938. The molecule has 0 aliphatic carbocycles. The topological polar surface area (TPSA) is 58.6 Å². The summed E-state index contributed by atoms with van der Waals surface area (Å²) in [6.07, 6.45) is 0. The highest BCUT2D eigenvalue weighted by molar-refractivity contribution is 5.75. The first kappa shape index (κ1) is 12.5. The average Bonchev–Trinajstić information content (AvgIpc) is 2.26. The molecule has 0 aliphatic heterocycles. The number of carbonyl (C=O) groups is 1. The molecule has 0 bridgehead atoms. The molecule has 6 heteroatoms. The second-order valence-electron chi connectivity index (χ2n) is 3.10. The summed E-state index contributed by atoms with van der Waals surface area (Å²) >= 11 is 0. The standard InChI is InChI=1S/C10H11F2NO3/c11-10(12,9(14)15)7-13-16-6-8-4-2-1-3-5-8/h1-5,13H,6-7H2,(H,14,15). The zero-order valence-corrected chi connectivity index (χ0v) is 8.32. The van der Waals surface area contributed by atoms with Gasteiger partial charge in [-0.3, -0.25) is 4.84 Å². The maximum absolute atomic E-state index is 12.5. The molecule has 1 rings (SSSR count). The third kappa shape index (κ3) is 3.92. The molecule has 4 nitrogen and oxygen atoms in total. The molecule has 0 heterocycles. The fourth-order valence-corrected chi connectivity index (χ4v) is 0.926. The molecule has 1 aromatic rings. The highest BCUT2D eigenvalue weighted by Gasteiger charge is 2.38. The first-order valence-corrected chi connectivity index (χ1v) is 4.52. The van der Waals surface area contributed by atoms with Gasteiger partial charge in [-0.25, -0.2) is 4.79 Å². The Labute approximate surface area is 90.8 Å². The van der Waals surface area contributed by atoms with Crippen molar-refractivity contribution in [2.75, 3.05) is 6.54 Å². The number of aliphatic carboxylic acids is 1. The number of hydrogen-bond acceptors (Lipinski definition) is 3. The summed E-state index contributed by atoms with van der Waals surface area (Å²) in [6.45, 7) is -0.967. The van der Waals surface area contributed by atoms with Crippen molar-refractivity contribution in [3.8, 4) is 0 Å². The molecule has 0 atom stereocenters. The van der Waals surface area contributed by atoms with E-state index >= 15 is 0 Å². The van der Waals surface area contributed by atoms with Crippen LogP contribution in [0.25, 0.3) is 0 Å². The van der Waals surface area contributed by atoms with E-state index in [-0.39, 0.29) is 6.61 Å². The van der Waals surface area contributed by atoms with Crippen molar-refractivity contribution in [2.45, 2.75) is 12.5 Å². The second kappa shape index (κ2) is 5.53. The van der Waals surface area contributed by atoms with Crippen LogP contribution in [0.15, 0.2) is 30.3 Å². The van der Waals surface area contributed by atoms with Gasteiger partial charge in [0.2, 0.25) is 0 Å². The number of alkyl halides is 2. The molecule has 0 saturated heterocycles. The predicted octanol–water partition coefficient (Wildman–Crippen LogP) is 1.43. The zero-order chi connectivity index (χ0) is 12.0. The van der Waals surface area contributed by atoms with Gasteiger partial charge >= 0.3 is 11.9 Å². The number of benzene rings is 1. The Bertz CT molecular complexity index is 343. The molecule has 0 fully saturated rings. The lowest BCUT2D eigenvalue weighted by Gasteiger charge is -2.11. The maximum atomic E-state index is 12.5. The van der Waals surface area contributed by atoms with E-state index < -0.39 is 18.4 Å². The van der Waals surface area contributed by atoms with Gasteiger partial charge in [0, 0.05) is 0 Å². The summed E-state index contributed by atoms with van der Waals surface area (Å²) in [7, 11) is 0. The van der Waals surface area contributed by atoms with E-state index in [2.05, 4.69) is 0 Å². The van der Waals surface area contributed by atoms with Crippen molar-refractivity contribution in [3.05, 3.63) is 35.9 Å². The molecular formula is C10H11F2NO3. The number of hydrogen-bond donors (Lipinski definition) is 2. The number of hydroxylamine groups is 1. The van der Waals surface area contributed by atoms with Crippen LogP contribution in [0.2, 0.25) is 0 Å². The van der Waals surface area contributed by atoms with Gasteiger partial charge in [0.25, 0.3) is 0 Å². The van der Waals surface area contributed by atoms with E-state index in [0.29, 0.717) is 0 Å².